The van der Waals surface area contributed by atoms with Crippen molar-refractivity contribution < 1.29 is 18.7 Å². The van der Waals surface area contributed by atoms with Crippen molar-refractivity contribution >= 4 is 17.7 Å². The van der Waals surface area contributed by atoms with E-state index in [9.17, 15) is 9.18 Å². The van der Waals surface area contributed by atoms with E-state index in [0.29, 0.717) is 23.6 Å². The number of nitrogen functional groups attached to an aromatic ring is 1. The number of hydrogen-bond acceptors (Lipinski definition) is 4. The molecule has 2 aromatic carbocycles. The van der Waals surface area contributed by atoms with Crippen LogP contribution in [-0.2, 0) is 11.3 Å². The first-order chi connectivity index (χ1) is 11.1. The average Bonchev–Trinajstić information content (AvgIpc) is 3.01. The number of ether oxygens (including phenoxy) is 2. The van der Waals surface area contributed by atoms with Crippen LogP contribution in [0.25, 0.3) is 6.08 Å². The van der Waals surface area contributed by atoms with Gasteiger partial charge in [-0.2, -0.15) is 0 Å². The minimum atomic E-state index is -0.477. The fourth-order valence-electron chi connectivity index (χ4n) is 2.14. The minimum absolute atomic E-state index is 0.0490. The second-order valence-corrected chi connectivity index (χ2v) is 5.02. The van der Waals surface area contributed by atoms with E-state index in [-0.39, 0.29) is 18.4 Å². The molecule has 1 aliphatic rings. The maximum atomic E-state index is 13.1. The number of halogens is 1. The van der Waals surface area contributed by atoms with E-state index in [2.05, 4.69) is 5.32 Å². The van der Waals surface area contributed by atoms with Gasteiger partial charge in [-0.05, 0) is 41.5 Å². The maximum Gasteiger partial charge on any atom is 0.244 e. The van der Waals surface area contributed by atoms with Crippen LogP contribution >= 0.6 is 0 Å². The standard InChI is InChI=1S/C17H15FN2O3/c18-13-4-1-11(7-14(13)19)3-6-17(21)20-9-12-2-5-15-16(8-12)23-10-22-15/h1-8H,9-10,19H2,(H,20,21)/b6-3+. The first-order valence-electron chi connectivity index (χ1n) is 7.01. The summed E-state index contributed by atoms with van der Waals surface area (Å²) < 4.78 is 23.6. The lowest BCUT2D eigenvalue weighted by Gasteiger charge is -2.04. The first-order valence-corrected chi connectivity index (χ1v) is 7.01. The fraction of sp³-hybridized carbons (Fsp3) is 0.118. The van der Waals surface area contributed by atoms with Gasteiger partial charge in [-0.15, -0.1) is 0 Å². The molecule has 0 saturated carbocycles. The Labute approximate surface area is 132 Å². The van der Waals surface area contributed by atoms with Crippen LogP contribution in [0.1, 0.15) is 11.1 Å². The molecule has 0 aromatic heterocycles. The van der Waals surface area contributed by atoms with Crippen molar-refractivity contribution in [3.05, 3.63) is 59.4 Å². The topological polar surface area (TPSA) is 73.6 Å². The zero-order valence-corrected chi connectivity index (χ0v) is 12.2. The summed E-state index contributed by atoms with van der Waals surface area (Å²) in [4.78, 5) is 11.8. The summed E-state index contributed by atoms with van der Waals surface area (Å²) >= 11 is 0. The molecule has 0 aliphatic carbocycles. The van der Waals surface area contributed by atoms with E-state index < -0.39 is 5.82 Å². The fourth-order valence-corrected chi connectivity index (χ4v) is 2.14. The number of amides is 1. The molecule has 0 fully saturated rings. The molecule has 1 aliphatic heterocycles. The van der Waals surface area contributed by atoms with E-state index in [4.69, 9.17) is 15.2 Å². The van der Waals surface area contributed by atoms with Gasteiger partial charge in [0.2, 0.25) is 12.7 Å². The average molecular weight is 314 g/mol. The normalized spacial score (nSPS) is 12.6. The number of fused-ring (bicyclic) bond motifs is 1. The highest BCUT2D eigenvalue weighted by Gasteiger charge is 2.13. The Kier molecular flexibility index (Phi) is 4.14. The van der Waals surface area contributed by atoms with Crippen molar-refractivity contribution in [3.63, 3.8) is 0 Å². The lowest BCUT2D eigenvalue weighted by atomic mass is 10.1. The number of anilines is 1. The van der Waals surface area contributed by atoms with E-state index in [1.165, 1.54) is 18.2 Å². The number of carbonyl (C=O) groups excluding carboxylic acids is 1. The summed E-state index contributed by atoms with van der Waals surface area (Å²) in [5.74, 6) is 0.642. The molecule has 0 unspecified atom stereocenters. The minimum Gasteiger partial charge on any atom is -0.454 e. The van der Waals surface area contributed by atoms with Gasteiger partial charge in [-0.3, -0.25) is 4.79 Å². The molecule has 118 valence electrons. The molecule has 5 nitrogen and oxygen atoms in total. The van der Waals surface area contributed by atoms with Crippen LogP contribution in [0.5, 0.6) is 11.5 Å². The third-order valence-corrected chi connectivity index (χ3v) is 3.35. The highest BCUT2D eigenvalue weighted by atomic mass is 19.1. The largest absolute Gasteiger partial charge is 0.454 e. The van der Waals surface area contributed by atoms with E-state index in [1.807, 2.05) is 12.1 Å². The number of carbonyl (C=O) groups is 1. The molecule has 3 N–H and O–H groups in total. The molecule has 6 heteroatoms. The Morgan fingerprint density at radius 3 is 2.87 bits per heavy atom. The molecule has 1 amide bonds. The third kappa shape index (κ3) is 3.60. The third-order valence-electron chi connectivity index (χ3n) is 3.35. The monoisotopic (exact) mass is 314 g/mol. The maximum absolute atomic E-state index is 13.1. The molecule has 0 bridgehead atoms. The van der Waals surface area contributed by atoms with Crippen molar-refractivity contribution in [1.29, 1.82) is 0 Å². The van der Waals surface area contributed by atoms with Gasteiger partial charge in [0.05, 0.1) is 5.69 Å². The summed E-state index contributed by atoms with van der Waals surface area (Å²) in [6, 6.07) is 9.77. The highest BCUT2D eigenvalue weighted by molar-refractivity contribution is 5.91. The summed E-state index contributed by atoms with van der Waals surface area (Å²) in [5.41, 5.74) is 7.08. The Hall–Kier alpha value is -3.02. The van der Waals surface area contributed by atoms with Crippen molar-refractivity contribution in [2.75, 3.05) is 12.5 Å². The van der Waals surface area contributed by atoms with E-state index >= 15 is 0 Å². The predicted molar refractivity (Wildman–Crippen MR) is 84.3 cm³/mol. The van der Waals surface area contributed by atoms with E-state index in [0.717, 1.165) is 5.56 Å². The van der Waals surface area contributed by atoms with Gasteiger partial charge in [-0.25, -0.2) is 4.39 Å². The molecule has 2 aromatic rings. The van der Waals surface area contributed by atoms with Crippen LogP contribution in [0.3, 0.4) is 0 Å². The van der Waals surface area contributed by atoms with Gasteiger partial charge in [0.1, 0.15) is 5.82 Å². The molecule has 3 rings (SSSR count). The summed E-state index contributed by atoms with van der Waals surface area (Å²) in [7, 11) is 0. The van der Waals surface area contributed by atoms with E-state index in [1.54, 1.807) is 18.2 Å². The van der Waals surface area contributed by atoms with Gasteiger partial charge < -0.3 is 20.5 Å². The number of nitrogens with two attached hydrogens (primary N) is 1. The second kappa shape index (κ2) is 6.39. The van der Waals surface area contributed by atoms with Gasteiger partial charge in [0, 0.05) is 12.6 Å². The van der Waals surface area contributed by atoms with Crippen molar-refractivity contribution in [1.82, 2.24) is 5.32 Å². The molecule has 1 heterocycles. The van der Waals surface area contributed by atoms with Crippen LogP contribution < -0.4 is 20.5 Å². The van der Waals surface area contributed by atoms with Crippen LogP contribution in [0.2, 0.25) is 0 Å². The number of nitrogens with one attached hydrogen (secondary N) is 1. The van der Waals surface area contributed by atoms with Gasteiger partial charge in [0.15, 0.2) is 11.5 Å². The second-order valence-electron chi connectivity index (χ2n) is 5.02. The Balaban J connectivity index is 1.57. The summed E-state index contributed by atoms with van der Waals surface area (Å²) in [6.07, 6.45) is 2.95. The summed E-state index contributed by atoms with van der Waals surface area (Å²) in [5, 5.41) is 2.76. The van der Waals surface area contributed by atoms with Crippen LogP contribution in [0.15, 0.2) is 42.5 Å². The molecule has 0 spiro atoms. The molecular weight excluding hydrogens is 299 g/mol. The quantitative estimate of drug-likeness (QED) is 0.671. The molecule has 0 radical (unpaired) electrons. The Morgan fingerprint density at radius 1 is 1.22 bits per heavy atom. The number of benzene rings is 2. The van der Waals surface area contributed by atoms with Gasteiger partial charge in [0.25, 0.3) is 0 Å². The van der Waals surface area contributed by atoms with Gasteiger partial charge in [-0.1, -0.05) is 12.1 Å². The molecule has 23 heavy (non-hydrogen) atoms. The lowest BCUT2D eigenvalue weighted by Crippen LogP contribution is -2.20. The lowest BCUT2D eigenvalue weighted by molar-refractivity contribution is -0.116. The smallest absolute Gasteiger partial charge is 0.244 e. The number of hydrogen-bond donors (Lipinski definition) is 2. The highest BCUT2D eigenvalue weighted by Crippen LogP contribution is 2.32. The van der Waals surface area contributed by atoms with Crippen LogP contribution in [0, 0.1) is 5.82 Å². The van der Waals surface area contributed by atoms with Crippen molar-refractivity contribution in [3.8, 4) is 11.5 Å². The molecule has 0 saturated heterocycles. The van der Waals surface area contributed by atoms with Crippen LogP contribution in [0.4, 0.5) is 10.1 Å². The number of rotatable bonds is 4. The Bertz CT molecular complexity index is 774. The molecule has 0 atom stereocenters. The predicted octanol–water partition coefficient (Wildman–Crippen LogP) is 2.47. The zero-order valence-electron chi connectivity index (χ0n) is 12.2. The first kappa shape index (κ1) is 14.9. The van der Waals surface area contributed by atoms with Crippen molar-refractivity contribution in [2.24, 2.45) is 0 Å². The summed E-state index contributed by atoms with van der Waals surface area (Å²) in [6.45, 7) is 0.583. The van der Waals surface area contributed by atoms with Crippen molar-refractivity contribution in [2.45, 2.75) is 6.54 Å². The van der Waals surface area contributed by atoms with Gasteiger partial charge >= 0.3 is 0 Å². The molecular formula is C17H15FN2O3. The zero-order chi connectivity index (χ0) is 16.2. The SMILES string of the molecule is Nc1cc(/C=C/C(=O)NCc2ccc3c(c2)OCO3)ccc1F. The van der Waals surface area contributed by atoms with Crippen LogP contribution in [-0.4, -0.2) is 12.7 Å². The Morgan fingerprint density at radius 2 is 2.04 bits per heavy atom.